The van der Waals surface area contributed by atoms with Gasteiger partial charge in [0.25, 0.3) is 0 Å². The van der Waals surface area contributed by atoms with Gasteiger partial charge in [0.15, 0.2) is 5.82 Å². The molecule has 140 valence electrons. The van der Waals surface area contributed by atoms with E-state index in [1.54, 1.807) is 17.5 Å². The predicted octanol–water partition coefficient (Wildman–Crippen LogP) is 4.27. The Morgan fingerprint density at radius 1 is 1.07 bits per heavy atom. The van der Waals surface area contributed by atoms with Crippen LogP contribution in [0, 0.1) is 0 Å². The Hall–Kier alpha value is -3.03. The Balaban J connectivity index is 1.49. The molecule has 1 aliphatic rings. The van der Waals surface area contributed by atoms with Gasteiger partial charge >= 0.3 is 0 Å². The summed E-state index contributed by atoms with van der Waals surface area (Å²) in [5.41, 5.74) is 2.91. The van der Waals surface area contributed by atoms with Crippen LogP contribution in [0.5, 0.6) is 0 Å². The van der Waals surface area contributed by atoms with Crippen molar-refractivity contribution in [2.45, 2.75) is 12.5 Å². The molecule has 0 aliphatic carbocycles. The number of para-hydroxylation sites is 1. The number of anilines is 3. The molecule has 0 radical (unpaired) electrons. The molecule has 1 atom stereocenters. The van der Waals surface area contributed by atoms with Crippen LogP contribution in [0.2, 0.25) is 0 Å². The van der Waals surface area contributed by atoms with Crippen LogP contribution in [0.25, 0.3) is 21.6 Å². The standard InChI is InChI=1S/C21H20N6S/c1-2-4-15(5-3-1)24-18-12-14(6-10-23-18)20-26-17-8-11-28-19(17)21(27-20)25-16-7-9-22-13-16/h1-6,8,10-12,16,22H,7,9,13H2,(H,23,24)(H,25,26,27)/t16-/m1/s1. The van der Waals surface area contributed by atoms with Crippen molar-refractivity contribution in [3.63, 3.8) is 0 Å². The molecule has 28 heavy (non-hydrogen) atoms. The number of fused-ring (bicyclic) bond motifs is 1. The fraction of sp³-hybridized carbons (Fsp3) is 0.190. The number of aromatic nitrogens is 3. The van der Waals surface area contributed by atoms with E-state index in [-0.39, 0.29) is 0 Å². The van der Waals surface area contributed by atoms with Crippen LogP contribution >= 0.6 is 11.3 Å². The van der Waals surface area contributed by atoms with E-state index in [1.807, 2.05) is 48.5 Å². The van der Waals surface area contributed by atoms with E-state index in [0.717, 1.165) is 52.6 Å². The molecule has 3 N–H and O–H groups in total. The summed E-state index contributed by atoms with van der Waals surface area (Å²) in [6.45, 7) is 2.01. The minimum absolute atomic E-state index is 0.404. The second-order valence-electron chi connectivity index (χ2n) is 6.79. The average molecular weight is 388 g/mol. The average Bonchev–Trinajstić information content (AvgIpc) is 3.41. The molecule has 5 rings (SSSR count). The Kier molecular flexibility index (Phi) is 4.60. The summed E-state index contributed by atoms with van der Waals surface area (Å²) in [6.07, 6.45) is 2.89. The van der Waals surface area contributed by atoms with Gasteiger partial charge in [-0.05, 0) is 48.7 Å². The topological polar surface area (TPSA) is 74.8 Å². The summed E-state index contributed by atoms with van der Waals surface area (Å²) < 4.78 is 1.10. The van der Waals surface area contributed by atoms with E-state index in [1.165, 1.54) is 0 Å². The first kappa shape index (κ1) is 17.1. The zero-order valence-electron chi connectivity index (χ0n) is 15.2. The number of benzene rings is 1. The highest BCUT2D eigenvalue weighted by Gasteiger charge is 2.18. The van der Waals surface area contributed by atoms with Gasteiger partial charge in [-0.2, -0.15) is 0 Å². The lowest BCUT2D eigenvalue weighted by atomic mass is 10.2. The molecular weight excluding hydrogens is 368 g/mol. The van der Waals surface area contributed by atoms with Gasteiger partial charge in [0.1, 0.15) is 11.6 Å². The molecule has 0 saturated carbocycles. The minimum Gasteiger partial charge on any atom is -0.365 e. The van der Waals surface area contributed by atoms with Crippen molar-refractivity contribution in [2.24, 2.45) is 0 Å². The van der Waals surface area contributed by atoms with Crippen molar-refractivity contribution < 1.29 is 0 Å². The van der Waals surface area contributed by atoms with Crippen LogP contribution in [-0.2, 0) is 0 Å². The Bertz CT molecular complexity index is 1090. The van der Waals surface area contributed by atoms with Gasteiger partial charge in [-0.15, -0.1) is 11.3 Å². The molecule has 7 heteroatoms. The first-order valence-corrected chi connectivity index (χ1v) is 10.2. The number of rotatable bonds is 5. The van der Waals surface area contributed by atoms with E-state index in [2.05, 4.69) is 26.3 Å². The number of thiophene rings is 1. The largest absolute Gasteiger partial charge is 0.365 e. The van der Waals surface area contributed by atoms with E-state index in [9.17, 15) is 0 Å². The molecular formula is C21H20N6S. The second kappa shape index (κ2) is 7.53. The summed E-state index contributed by atoms with van der Waals surface area (Å²) in [7, 11) is 0. The number of nitrogens with one attached hydrogen (secondary N) is 3. The van der Waals surface area contributed by atoms with Crippen LogP contribution in [-0.4, -0.2) is 34.1 Å². The first-order chi connectivity index (χ1) is 13.8. The molecule has 4 heterocycles. The summed E-state index contributed by atoms with van der Waals surface area (Å²) >= 11 is 1.67. The number of pyridine rings is 1. The molecule has 1 aliphatic heterocycles. The molecule has 0 unspecified atom stereocenters. The van der Waals surface area contributed by atoms with Gasteiger partial charge in [-0.1, -0.05) is 18.2 Å². The summed E-state index contributed by atoms with van der Waals surface area (Å²) in [6, 6.07) is 16.4. The fourth-order valence-corrected chi connectivity index (χ4v) is 4.15. The van der Waals surface area contributed by atoms with Gasteiger partial charge in [0.2, 0.25) is 0 Å². The lowest BCUT2D eigenvalue weighted by Crippen LogP contribution is -2.22. The van der Waals surface area contributed by atoms with Crippen LogP contribution in [0.3, 0.4) is 0 Å². The van der Waals surface area contributed by atoms with Gasteiger partial charge in [-0.3, -0.25) is 0 Å². The molecule has 4 aromatic rings. The van der Waals surface area contributed by atoms with Crippen LogP contribution < -0.4 is 16.0 Å². The van der Waals surface area contributed by atoms with Gasteiger partial charge in [-0.25, -0.2) is 15.0 Å². The molecule has 1 aromatic carbocycles. The third kappa shape index (κ3) is 3.54. The van der Waals surface area contributed by atoms with Crippen molar-refractivity contribution in [2.75, 3.05) is 23.7 Å². The molecule has 3 aromatic heterocycles. The van der Waals surface area contributed by atoms with E-state index < -0.39 is 0 Å². The Morgan fingerprint density at radius 3 is 2.86 bits per heavy atom. The Labute approximate surface area is 167 Å². The van der Waals surface area contributed by atoms with Gasteiger partial charge < -0.3 is 16.0 Å². The molecule has 6 nitrogen and oxygen atoms in total. The maximum Gasteiger partial charge on any atom is 0.162 e. The molecule has 1 fully saturated rings. The highest BCUT2D eigenvalue weighted by Crippen LogP contribution is 2.30. The number of hydrogen-bond acceptors (Lipinski definition) is 7. The molecule has 0 amide bonds. The summed E-state index contributed by atoms with van der Waals surface area (Å²) in [5, 5.41) is 12.4. The van der Waals surface area contributed by atoms with Gasteiger partial charge in [0, 0.05) is 30.0 Å². The SMILES string of the molecule is c1ccc(Nc2cc(-c3nc(N[C@@H]4CCNC4)c4sccc4n3)ccn2)cc1. The van der Waals surface area contributed by atoms with E-state index in [4.69, 9.17) is 9.97 Å². The van der Waals surface area contributed by atoms with Crippen molar-refractivity contribution in [3.8, 4) is 11.4 Å². The summed E-state index contributed by atoms with van der Waals surface area (Å²) in [5.74, 6) is 2.39. The predicted molar refractivity (Wildman–Crippen MR) is 115 cm³/mol. The van der Waals surface area contributed by atoms with E-state index >= 15 is 0 Å². The molecule has 1 saturated heterocycles. The first-order valence-electron chi connectivity index (χ1n) is 9.36. The third-order valence-corrected chi connectivity index (χ3v) is 5.68. The minimum atomic E-state index is 0.404. The maximum absolute atomic E-state index is 4.86. The number of hydrogen-bond donors (Lipinski definition) is 3. The molecule has 0 bridgehead atoms. The number of nitrogens with zero attached hydrogens (tertiary/aromatic N) is 3. The van der Waals surface area contributed by atoms with Crippen LogP contribution in [0.1, 0.15) is 6.42 Å². The quantitative estimate of drug-likeness (QED) is 0.474. The Morgan fingerprint density at radius 2 is 2.00 bits per heavy atom. The van der Waals surface area contributed by atoms with E-state index in [0.29, 0.717) is 11.9 Å². The smallest absolute Gasteiger partial charge is 0.162 e. The highest BCUT2D eigenvalue weighted by molar-refractivity contribution is 7.17. The normalized spacial score (nSPS) is 16.4. The third-order valence-electron chi connectivity index (χ3n) is 4.77. The highest BCUT2D eigenvalue weighted by atomic mass is 32.1. The maximum atomic E-state index is 4.86. The fourth-order valence-electron chi connectivity index (χ4n) is 3.37. The zero-order valence-corrected chi connectivity index (χ0v) is 16.0. The van der Waals surface area contributed by atoms with Crippen molar-refractivity contribution in [1.82, 2.24) is 20.3 Å². The van der Waals surface area contributed by atoms with Crippen LogP contribution in [0.4, 0.5) is 17.3 Å². The lowest BCUT2D eigenvalue weighted by Gasteiger charge is -2.14. The van der Waals surface area contributed by atoms with Crippen LogP contribution in [0.15, 0.2) is 60.1 Å². The van der Waals surface area contributed by atoms with Crippen molar-refractivity contribution in [3.05, 3.63) is 60.1 Å². The second-order valence-corrected chi connectivity index (χ2v) is 7.70. The molecule has 0 spiro atoms. The monoisotopic (exact) mass is 388 g/mol. The van der Waals surface area contributed by atoms with Crippen molar-refractivity contribution in [1.29, 1.82) is 0 Å². The summed E-state index contributed by atoms with van der Waals surface area (Å²) in [4.78, 5) is 14.1. The lowest BCUT2D eigenvalue weighted by molar-refractivity contribution is 0.789. The van der Waals surface area contributed by atoms with Gasteiger partial charge in [0.05, 0.1) is 10.2 Å². The zero-order chi connectivity index (χ0) is 18.8. The van der Waals surface area contributed by atoms with Crippen molar-refractivity contribution >= 4 is 38.9 Å².